The minimum absolute atomic E-state index is 0.0486. The standard InChI is InChI=1S/C23H20N4O5/c1-3-21(29)26-14-8-9-19(28)16(12-14)22(30)27-17-6-4-5-7-20(17)32-15-10-11-25-18(13-15)23(31)24-2/h3-13,28H,1H2,2H3,(H,24,31)(H,26,29)(H,27,30). The summed E-state index contributed by atoms with van der Waals surface area (Å²) in [4.78, 5) is 40.1. The third-order valence-corrected chi connectivity index (χ3v) is 4.25. The van der Waals surface area contributed by atoms with Gasteiger partial charge in [-0.1, -0.05) is 18.7 Å². The number of rotatable bonds is 7. The van der Waals surface area contributed by atoms with Gasteiger partial charge in [0, 0.05) is 25.0 Å². The number of ether oxygens (including phenoxy) is 1. The van der Waals surface area contributed by atoms with Crippen LogP contribution in [0.3, 0.4) is 0 Å². The molecule has 9 nitrogen and oxygen atoms in total. The fourth-order valence-corrected chi connectivity index (χ4v) is 2.69. The van der Waals surface area contributed by atoms with Gasteiger partial charge >= 0.3 is 0 Å². The predicted octanol–water partition coefficient (Wildman–Crippen LogP) is 3.32. The maximum atomic E-state index is 12.8. The molecule has 0 bridgehead atoms. The van der Waals surface area contributed by atoms with E-state index >= 15 is 0 Å². The Morgan fingerprint density at radius 1 is 1.03 bits per heavy atom. The molecule has 0 spiro atoms. The molecule has 0 aliphatic carbocycles. The molecule has 0 fully saturated rings. The fraction of sp³-hybridized carbons (Fsp3) is 0.0435. The van der Waals surface area contributed by atoms with E-state index in [0.717, 1.165) is 6.08 Å². The number of carbonyl (C=O) groups excluding carboxylic acids is 3. The highest BCUT2D eigenvalue weighted by Gasteiger charge is 2.16. The summed E-state index contributed by atoms with van der Waals surface area (Å²) in [7, 11) is 1.50. The highest BCUT2D eigenvalue weighted by atomic mass is 16.5. The van der Waals surface area contributed by atoms with Crippen molar-refractivity contribution in [2.24, 2.45) is 0 Å². The lowest BCUT2D eigenvalue weighted by molar-refractivity contribution is -0.111. The van der Waals surface area contributed by atoms with Crippen molar-refractivity contribution in [2.75, 3.05) is 17.7 Å². The SMILES string of the molecule is C=CC(=O)Nc1ccc(O)c(C(=O)Nc2ccccc2Oc2ccnc(C(=O)NC)c2)c1. The van der Waals surface area contributed by atoms with Gasteiger partial charge in [0.15, 0.2) is 5.75 Å². The van der Waals surface area contributed by atoms with Gasteiger partial charge in [0.2, 0.25) is 5.91 Å². The summed E-state index contributed by atoms with van der Waals surface area (Å²) in [5.41, 5.74) is 0.777. The number of amides is 3. The first-order chi connectivity index (χ1) is 15.4. The highest BCUT2D eigenvalue weighted by Crippen LogP contribution is 2.31. The number of para-hydroxylation sites is 2. The molecule has 162 valence electrons. The smallest absolute Gasteiger partial charge is 0.269 e. The van der Waals surface area contributed by atoms with Crippen LogP contribution < -0.4 is 20.7 Å². The minimum atomic E-state index is -0.617. The topological polar surface area (TPSA) is 130 Å². The zero-order valence-electron chi connectivity index (χ0n) is 17.1. The summed E-state index contributed by atoms with van der Waals surface area (Å²) in [6, 6.07) is 13.8. The van der Waals surface area contributed by atoms with Gasteiger partial charge in [-0.15, -0.1) is 0 Å². The second kappa shape index (κ2) is 9.90. The molecule has 0 aliphatic heterocycles. The van der Waals surface area contributed by atoms with Gasteiger partial charge in [-0.2, -0.15) is 0 Å². The Labute approximate surface area is 183 Å². The van der Waals surface area contributed by atoms with Crippen molar-refractivity contribution >= 4 is 29.1 Å². The largest absolute Gasteiger partial charge is 0.507 e. The number of nitrogens with zero attached hydrogens (tertiary/aromatic N) is 1. The van der Waals surface area contributed by atoms with Gasteiger partial charge in [-0.25, -0.2) is 0 Å². The second-order valence-corrected chi connectivity index (χ2v) is 6.43. The average molecular weight is 432 g/mol. The summed E-state index contributed by atoms with van der Waals surface area (Å²) in [6.45, 7) is 3.37. The van der Waals surface area contributed by atoms with Crippen LogP contribution in [0.1, 0.15) is 20.8 Å². The van der Waals surface area contributed by atoms with E-state index in [1.165, 1.54) is 37.5 Å². The Balaban J connectivity index is 1.83. The van der Waals surface area contributed by atoms with Crippen molar-refractivity contribution in [3.63, 3.8) is 0 Å². The molecule has 1 aromatic heterocycles. The quantitative estimate of drug-likeness (QED) is 0.335. The molecular weight excluding hydrogens is 412 g/mol. The van der Waals surface area contributed by atoms with Crippen molar-refractivity contribution in [1.29, 1.82) is 0 Å². The first-order valence-corrected chi connectivity index (χ1v) is 9.44. The van der Waals surface area contributed by atoms with Crippen LogP contribution in [0, 0.1) is 0 Å². The minimum Gasteiger partial charge on any atom is -0.507 e. The first-order valence-electron chi connectivity index (χ1n) is 9.44. The van der Waals surface area contributed by atoms with Crippen LogP contribution >= 0.6 is 0 Å². The van der Waals surface area contributed by atoms with Gasteiger partial charge < -0.3 is 25.8 Å². The number of hydrogen-bond acceptors (Lipinski definition) is 6. The zero-order chi connectivity index (χ0) is 23.1. The number of anilines is 2. The fourth-order valence-electron chi connectivity index (χ4n) is 2.69. The van der Waals surface area contributed by atoms with Gasteiger partial charge in [-0.3, -0.25) is 19.4 Å². The number of aromatic nitrogens is 1. The van der Waals surface area contributed by atoms with Gasteiger partial charge in [-0.05, 0) is 42.5 Å². The summed E-state index contributed by atoms with van der Waals surface area (Å²) >= 11 is 0. The molecule has 3 amide bonds. The van der Waals surface area contributed by atoms with Crippen LogP contribution in [0.15, 0.2) is 73.4 Å². The molecule has 3 rings (SSSR count). The van der Waals surface area contributed by atoms with Crippen molar-refractivity contribution in [1.82, 2.24) is 10.3 Å². The van der Waals surface area contributed by atoms with Gasteiger partial charge in [0.1, 0.15) is 17.2 Å². The van der Waals surface area contributed by atoms with Crippen LogP contribution in [0.4, 0.5) is 11.4 Å². The number of pyridine rings is 1. The van der Waals surface area contributed by atoms with E-state index in [2.05, 4.69) is 27.5 Å². The van der Waals surface area contributed by atoms with E-state index in [1.54, 1.807) is 30.3 Å². The molecule has 32 heavy (non-hydrogen) atoms. The molecule has 9 heteroatoms. The number of hydrogen-bond donors (Lipinski definition) is 4. The zero-order valence-corrected chi connectivity index (χ0v) is 17.1. The molecule has 2 aromatic carbocycles. The number of nitrogens with one attached hydrogen (secondary N) is 3. The number of phenols is 1. The molecular formula is C23H20N4O5. The predicted molar refractivity (Wildman–Crippen MR) is 119 cm³/mol. The molecule has 1 heterocycles. The normalized spacial score (nSPS) is 10.0. The third-order valence-electron chi connectivity index (χ3n) is 4.25. The second-order valence-electron chi connectivity index (χ2n) is 6.43. The Kier molecular flexibility index (Phi) is 6.81. The number of aromatic hydroxyl groups is 1. The van der Waals surface area contributed by atoms with Crippen LogP contribution in [-0.2, 0) is 4.79 Å². The molecule has 0 saturated heterocycles. The third kappa shape index (κ3) is 5.28. The molecule has 0 radical (unpaired) electrons. The molecule has 3 aromatic rings. The first kappa shape index (κ1) is 22.0. The summed E-state index contributed by atoms with van der Waals surface area (Å²) in [5, 5.41) is 17.8. The number of carbonyl (C=O) groups is 3. The molecule has 0 saturated carbocycles. The van der Waals surface area contributed by atoms with Crippen LogP contribution in [0.25, 0.3) is 0 Å². The monoisotopic (exact) mass is 432 g/mol. The Morgan fingerprint density at radius 2 is 1.81 bits per heavy atom. The Morgan fingerprint density at radius 3 is 2.56 bits per heavy atom. The summed E-state index contributed by atoms with van der Waals surface area (Å²) in [6.07, 6.45) is 2.52. The lowest BCUT2D eigenvalue weighted by Gasteiger charge is -2.13. The average Bonchev–Trinajstić information content (AvgIpc) is 2.81. The van der Waals surface area contributed by atoms with Crippen molar-refractivity contribution in [3.8, 4) is 17.2 Å². The highest BCUT2D eigenvalue weighted by molar-refractivity contribution is 6.08. The van der Waals surface area contributed by atoms with E-state index in [9.17, 15) is 19.5 Å². The maximum absolute atomic E-state index is 12.8. The summed E-state index contributed by atoms with van der Waals surface area (Å²) < 4.78 is 5.84. The lowest BCUT2D eigenvalue weighted by atomic mass is 10.1. The molecule has 0 atom stereocenters. The molecule has 0 unspecified atom stereocenters. The van der Waals surface area contributed by atoms with Crippen molar-refractivity contribution in [2.45, 2.75) is 0 Å². The Hall–Kier alpha value is -4.66. The number of benzene rings is 2. The lowest BCUT2D eigenvalue weighted by Crippen LogP contribution is -2.19. The van der Waals surface area contributed by atoms with E-state index in [0.29, 0.717) is 22.9 Å². The van der Waals surface area contributed by atoms with Crippen molar-refractivity contribution < 1.29 is 24.2 Å². The van der Waals surface area contributed by atoms with Crippen LogP contribution in [0.5, 0.6) is 17.2 Å². The van der Waals surface area contributed by atoms with Crippen molar-refractivity contribution in [3.05, 3.63) is 84.7 Å². The van der Waals surface area contributed by atoms with Crippen LogP contribution in [-0.4, -0.2) is 34.9 Å². The maximum Gasteiger partial charge on any atom is 0.269 e. The van der Waals surface area contributed by atoms with E-state index in [1.807, 2.05) is 0 Å². The molecule has 4 N–H and O–H groups in total. The summed E-state index contributed by atoms with van der Waals surface area (Å²) in [5.74, 6) is -1.04. The van der Waals surface area contributed by atoms with E-state index in [4.69, 9.17) is 4.74 Å². The van der Waals surface area contributed by atoms with E-state index < -0.39 is 11.8 Å². The number of phenolic OH excluding ortho intramolecular Hbond substituents is 1. The van der Waals surface area contributed by atoms with Gasteiger partial charge in [0.25, 0.3) is 11.8 Å². The van der Waals surface area contributed by atoms with Crippen LogP contribution in [0.2, 0.25) is 0 Å². The van der Waals surface area contributed by atoms with Gasteiger partial charge in [0.05, 0.1) is 11.3 Å². The van der Waals surface area contributed by atoms with E-state index in [-0.39, 0.29) is 22.9 Å². The Bertz CT molecular complexity index is 1190. The molecule has 0 aliphatic rings.